The van der Waals surface area contributed by atoms with Crippen molar-refractivity contribution in [1.82, 2.24) is 4.90 Å². The number of thioether (sulfide) groups is 1. The van der Waals surface area contributed by atoms with Crippen LogP contribution in [-0.2, 0) is 4.79 Å². The van der Waals surface area contributed by atoms with Gasteiger partial charge in [0.15, 0.2) is 0 Å². The number of nitrogens with zero attached hydrogens (tertiary/aromatic N) is 1. The number of rotatable bonds is 4. The molecular formula is C11H21NO2S. The Morgan fingerprint density at radius 2 is 2.00 bits per heavy atom. The summed E-state index contributed by atoms with van der Waals surface area (Å²) < 4.78 is 0. The SMILES string of the molecule is CCN(C(C)C)C1(C(=O)O)CCSCC1. The third-order valence-electron chi connectivity index (χ3n) is 3.23. The topological polar surface area (TPSA) is 40.5 Å². The molecule has 0 aromatic carbocycles. The number of likely N-dealkylation sites (N-methyl/N-ethyl adjacent to an activating group) is 1. The Kier molecular flexibility index (Phi) is 4.46. The van der Waals surface area contributed by atoms with Crippen molar-refractivity contribution in [3.05, 3.63) is 0 Å². The first-order valence-corrected chi connectivity index (χ1v) is 6.78. The van der Waals surface area contributed by atoms with Gasteiger partial charge >= 0.3 is 5.97 Å². The quantitative estimate of drug-likeness (QED) is 0.804. The van der Waals surface area contributed by atoms with E-state index in [4.69, 9.17) is 0 Å². The fraction of sp³-hybridized carbons (Fsp3) is 0.909. The Balaban J connectivity index is 2.92. The molecule has 3 nitrogen and oxygen atoms in total. The predicted molar refractivity (Wildman–Crippen MR) is 64.4 cm³/mol. The normalized spacial score (nSPS) is 20.9. The molecular weight excluding hydrogens is 210 g/mol. The lowest BCUT2D eigenvalue weighted by molar-refractivity contribution is -0.154. The van der Waals surface area contributed by atoms with Gasteiger partial charge in [0.2, 0.25) is 0 Å². The molecule has 0 aromatic heterocycles. The van der Waals surface area contributed by atoms with Crippen molar-refractivity contribution >= 4 is 17.7 Å². The summed E-state index contributed by atoms with van der Waals surface area (Å²) >= 11 is 1.86. The van der Waals surface area contributed by atoms with Gasteiger partial charge in [0, 0.05) is 6.04 Å². The van der Waals surface area contributed by atoms with Crippen molar-refractivity contribution in [2.24, 2.45) is 0 Å². The maximum Gasteiger partial charge on any atom is 0.324 e. The van der Waals surface area contributed by atoms with Gasteiger partial charge in [-0.15, -0.1) is 0 Å². The monoisotopic (exact) mass is 231 g/mol. The highest BCUT2D eigenvalue weighted by Gasteiger charge is 2.45. The molecule has 0 atom stereocenters. The van der Waals surface area contributed by atoms with Crippen molar-refractivity contribution in [1.29, 1.82) is 0 Å². The molecule has 0 spiro atoms. The number of hydrogen-bond acceptors (Lipinski definition) is 3. The number of hydrogen-bond donors (Lipinski definition) is 1. The van der Waals surface area contributed by atoms with E-state index in [-0.39, 0.29) is 0 Å². The third kappa shape index (κ3) is 2.48. The van der Waals surface area contributed by atoms with Crippen molar-refractivity contribution in [2.75, 3.05) is 18.1 Å². The summed E-state index contributed by atoms with van der Waals surface area (Å²) in [6, 6.07) is 0.300. The summed E-state index contributed by atoms with van der Waals surface area (Å²) in [5.74, 6) is 1.30. The summed E-state index contributed by atoms with van der Waals surface area (Å²) in [5, 5.41) is 9.49. The molecule has 1 rings (SSSR count). The van der Waals surface area contributed by atoms with E-state index in [0.29, 0.717) is 6.04 Å². The van der Waals surface area contributed by atoms with E-state index < -0.39 is 11.5 Å². The third-order valence-corrected chi connectivity index (χ3v) is 4.22. The van der Waals surface area contributed by atoms with E-state index in [0.717, 1.165) is 30.9 Å². The highest BCUT2D eigenvalue weighted by molar-refractivity contribution is 7.99. The molecule has 88 valence electrons. The zero-order valence-electron chi connectivity index (χ0n) is 9.82. The lowest BCUT2D eigenvalue weighted by Gasteiger charge is -2.44. The van der Waals surface area contributed by atoms with Gasteiger partial charge in [-0.3, -0.25) is 9.69 Å². The van der Waals surface area contributed by atoms with E-state index in [1.54, 1.807) is 0 Å². The molecule has 1 heterocycles. The summed E-state index contributed by atoms with van der Waals surface area (Å²) in [6.45, 7) is 7.02. The molecule has 15 heavy (non-hydrogen) atoms. The standard InChI is InChI=1S/C11H21NO2S/c1-4-12(9(2)3)11(10(13)14)5-7-15-8-6-11/h9H,4-8H2,1-3H3,(H,13,14). The highest BCUT2D eigenvalue weighted by Crippen LogP contribution is 2.34. The van der Waals surface area contributed by atoms with Crippen LogP contribution in [0.2, 0.25) is 0 Å². The first-order valence-electron chi connectivity index (χ1n) is 5.62. The van der Waals surface area contributed by atoms with Crippen molar-refractivity contribution in [3.63, 3.8) is 0 Å². The van der Waals surface area contributed by atoms with E-state index in [2.05, 4.69) is 18.7 Å². The molecule has 1 N–H and O–H groups in total. The Labute approximate surface area is 96.2 Å². The lowest BCUT2D eigenvalue weighted by Crippen LogP contribution is -2.59. The smallest absolute Gasteiger partial charge is 0.324 e. The van der Waals surface area contributed by atoms with E-state index in [1.807, 2.05) is 18.7 Å². The molecule has 0 amide bonds. The first kappa shape index (κ1) is 12.8. The summed E-state index contributed by atoms with van der Waals surface area (Å²) in [6.07, 6.45) is 1.55. The van der Waals surface area contributed by atoms with E-state index in [1.165, 1.54) is 0 Å². The zero-order valence-corrected chi connectivity index (χ0v) is 10.6. The van der Waals surface area contributed by atoms with Crippen LogP contribution in [0.25, 0.3) is 0 Å². The van der Waals surface area contributed by atoms with Gasteiger partial charge in [-0.05, 0) is 44.7 Å². The van der Waals surface area contributed by atoms with Crippen LogP contribution in [-0.4, -0.2) is 45.6 Å². The van der Waals surface area contributed by atoms with Crippen LogP contribution in [0.1, 0.15) is 33.6 Å². The van der Waals surface area contributed by atoms with Crippen LogP contribution in [0.15, 0.2) is 0 Å². The van der Waals surface area contributed by atoms with Crippen molar-refractivity contribution in [3.8, 4) is 0 Å². The number of carboxylic acid groups (broad SMARTS) is 1. The highest BCUT2D eigenvalue weighted by atomic mass is 32.2. The largest absolute Gasteiger partial charge is 0.480 e. The minimum absolute atomic E-state index is 0.300. The average Bonchev–Trinajstić information content (AvgIpc) is 2.19. The minimum atomic E-state index is -0.640. The van der Waals surface area contributed by atoms with Gasteiger partial charge in [-0.25, -0.2) is 0 Å². The number of carboxylic acids is 1. The van der Waals surface area contributed by atoms with Gasteiger partial charge in [0.05, 0.1) is 0 Å². The van der Waals surface area contributed by atoms with Crippen molar-refractivity contribution < 1.29 is 9.90 Å². The fourth-order valence-corrected chi connectivity index (χ4v) is 3.66. The lowest BCUT2D eigenvalue weighted by atomic mass is 9.89. The fourth-order valence-electron chi connectivity index (χ4n) is 2.50. The second-order valence-corrected chi connectivity index (χ2v) is 5.55. The summed E-state index contributed by atoms with van der Waals surface area (Å²) in [5.41, 5.74) is -0.603. The van der Waals surface area contributed by atoms with E-state index in [9.17, 15) is 9.90 Å². The molecule has 1 saturated heterocycles. The van der Waals surface area contributed by atoms with Crippen LogP contribution in [0, 0.1) is 0 Å². The van der Waals surface area contributed by atoms with Gasteiger partial charge in [-0.1, -0.05) is 6.92 Å². The van der Waals surface area contributed by atoms with Gasteiger partial charge in [-0.2, -0.15) is 11.8 Å². The number of carbonyl (C=O) groups is 1. The average molecular weight is 231 g/mol. The second-order valence-electron chi connectivity index (χ2n) is 4.33. The van der Waals surface area contributed by atoms with Crippen LogP contribution in [0.5, 0.6) is 0 Å². The summed E-state index contributed by atoms with van der Waals surface area (Å²) in [4.78, 5) is 13.7. The van der Waals surface area contributed by atoms with Crippen LogP contribution in [0.4, 0.5) is 0 Å². The maximum absolute atomic E-state index is 11.5. The van der Waals surface area contributed by atoms with E-state index >= 15 is 0 Å². The van der Waals surface area contributed by atoms with Gasteiger partial charge in [0.1, 0.15) is 5.54 Å². The minimum Gasteiger partial charge on any atom is -0.480 e. The van der Waals surface area contributed by atoms with Crippen LogP contribution in [0.3, 0.4) is 0 Å². The molecule has 0 bridgehead atoms. The Morgan fingerprint density at radius 3 is 2.33 bits per heavy atom. The predicted octanol–water partition coefficient (Wildman–Crippen LogP) is 2.07. The Bertz CT molecular complexity index is 225. The molecule has 1 fully saturated rings. The molecule has 1 aliphatic rings. The van der Waals surface area contributed by atoms with Crippen LogP contribution >= 0.6 is 11.8 Å². The van der Waals surface area contributed by atoms with Gasteiger partial charge < -0.3 is 5.11 Å². The van der Waals surface area contributed by atoms with Gasteiger partial charge in [0.25, 0.3) is 0 Å². The maximum atomic E-state index is 11.5. The summed E-state index contributed by atoms with van der Waals surface area (Å²) in [7, 11) is 0. The second kappa shape index (κ2) is 5.21. The molecule has 0 unspecified atom stereocenters. The van der Waals surface area contributed by atoms with Crippen molar-refractivity contribution in [2.45, 2.75) is 45.2 Å². The van der Waals surface area contributed by atoms with Crippen LogP contribution < -0.4 is 0 Å². The Hall–Kier alpha value is -0.220. The molecule has 0 aliphatic carbocycles. The molecule has 1 aliphatic heterocycles. The molecule has 4 heteroatoms. The molecule has 0 saturated carbocycles. The Morgan fingerprint density at radius 1 is 1.47 bits per heavy atom. The molecule has 0 radical (unpaired) electrons. The number of aliphatic carboxylic acids is 1. The zero-order chi connectivity index (χ0) is 11.5. The first-order chi connectivity index (χ1) is 7.04. The molecule has 0 aromatic rings.